The Labute approximate surface area is 185 Å². The van der Waals surface area contributed by atoms with Gasteiger partial charge < -0.3 is 24.9 Å². The predicted molar refractivity (Wildman–Crippen MR) is 121 cm³/mol. The molecule has 10 nitrogen and oxygen atoms in total. The van der Waals surface area contributed by atoms with Gasteiger partial charge in [-0.15, -0.1) is 0 Å². The first-order valence-corrected chi connectivity index (χ1v) is 11.3. The van der Waals surface area contributed by atoms with Crippen LogP contribution in [0.25, 0.3) is 0 Å². The summed E-state index contributed by atoms with van der Waals surface area (Å²) in [5.74, 6) is 1.05. The van der Waals surface area contributed by atoms with E-state index in [0.29, 0.717) is 42.7 Å². The van der Waals surface area contributed by atoms with Crippen LogP contribution in [-0.2, 0) is 0 Å². The molecule has 2 aromatic heterocycles. The third-order valence-electron chi connectivity index (χ3n) is 5.90. The summed E-state index contributed by atoms with van der Waals surface area (Å²) in [6.07, 6.45) is 1.36. The molecule has 0 bridgehead atoms. The molecule has 0 aliphatic carbocycles. The number of carbonyl (C=O) groups is 1. The zero-order valence-electron chi connectivity index (χ0n) is 18.1. The number of nitrogens with one attached hydrogen (secondary N) is 1. The van der Waals surface area contributed by atoms with Crippen molar-refractivity contribution >= 4 is 40.0 Å². The highest BCUT2D eigenvalue weighted by molar-refractivity contribution is 7.17. The third-order valence-corrected chi connectivity index (χ3v) is 6.96. The van der Waals surface area contributed by atoms with E-state index in [9.17, 15) is 15.0 Å². The zero-order valence-corrected chi connectivity index (χ0v) is 18.9. The number of anilines is 4. The van der Waals surface area contributed by atoms with Gasteiger partial charge in [0.2, 0.25) is 5.95 Å². The molecule has 0 radical (unpaired) electrons. The largest absolute Gasteiger partial charge is 0.477 e. The number of carboxylic acid groups (broad SMARTS) is 1. The molecular weight excluding hydrogens is 418 g/mol. The molecule has 0 saturated carbocycles. The lowest BCUT2D eigenvalue weighted by Gasteiger charge is -2.37. The monoisotopic (exact) mass is 447 g/mol. The number of rotatable bonds is 5. The molecule has 0 amide bonds. The molecule has 2 aliphatic heterocycles. The molecule has 2 aliphatic rings. The van der Waals surface area contributed by atoms with Gasteiger partial charge in [-0.2, -0.15) is 9.97 Å². The summed E-state index contributed by atoms with van der Waals surface area (Å²) in [7, 11) is 2.11. The van der Waals surface area contributed by atoms with Crippen LogP contribution in [0.15, 0.2) is 6.07 Å². The number of carboxylic acids is 1. The molecule has 0 unspecified atom stereocenters. The van der Waals surface area contributed by atoms with Crippen molar-refractivity contribution in [1.82, 2.24) is 19.9 Å². The number of aliphatic hydroxyl groups is 1. The first kappa shape index (κ1) is 21.7. The summed E-state index contributed by atoms with van der Waals surface area (Å²) in [5, 5.41) is 23.2. The number of nitrogens with zero attached hydrogens (tertiary/aromatic N) is 6. The smallest absolute Gasteiger partial charge is 0.347 e. The summed E-state index contributed by atoms with van der Waals surface area (Å²) in [6, 6.07) is 2.01. The second kappa shape index (κ2) is 8.56. The van der Waals surface area contributed by atoms with Gasteiger partial charge in [-0.1, -0.05) is 11.3 Å². The molecule has 4 rings (SSSR count). The Morgan fingerprint density at radius 3 is 2.19 bits per heavy atom. The lowest BCUT2D eigenvalue weighted by molar-refractivity contribution is 0.0350. The number of aryl methyl sites for hydroxylation is 1. The standard InChI is InChI=1S/C20H29N7O3S/c1-13-16(17(28)29)31-19(21-13)24-18-22-14(26-6-4-20(2,30)5-7-26)12-15(23-18)27-10-8-25(3)9-11-27/h12,30H,4-11H2,1-3H3,(H,28,29)(H,21,22,23,24). The summed E-state index contributed by atoms with van der Waals surface area (Å²) in [6.45, 7) is 8.65. The van der Waals surface area contributed by atoms with Gasteiger partial charge in [-0.05, 0) is 33.7 Å². The highest BCUT2D eigenvalue weighted by Gasteiger charge is 2.29. The Hall–Kier alpha value is -2.50. The van der Waals surface area contributed by atoms with E-state index in [1.807, 2.05) is 13.0 Å². The van der Waals surface area contributed by atoms with Crippen LogP contribution in [0.4, 0.5) is 22.7 Å². The number of aromatic carboxylic acids is 1. The normalized spacial score (nSPS) is 19.5. The maximum Gasteiger partial charge on any atom is 0.347 e. The second-order valence-corrected chi connectivity index (χ2v) is 9.55. The Morgan fingerprint density at radius 2 is 1.65 bits per heavy atom. The number of hydrogen-bond donors (Lipinski definition) is 3. The lowest BCUT2D eigenvalue weighted by Crippen LogP contribution is -2.45. The van der Waals surface area contributed by atoms with Gasteiger partial charge in [0.15, 0.2) is 5.13 Å². The summed E-state index contributed by atoms with van der Waals surface area (Å²) in [4.78, 5) is 32.0. The van der Waals surface area contributed by atoms with Crippen LogP contribution in [0, 0.1) is 6.92 Å². The van der Waals surface area contributed by atoms with E-state index in [2.05, 4.69) is 32.0 Å². The maximum atomic E-state index is 11.4. The van der Waals surface area contributed by atoms with Gasteiger partial charge in [0.1, 0.15) is 16.5 Å². The van der Waals surface area contributed by atoms with E-state index in [4.69, 9.17) is 9.97 Å². The second-order valence-electron chi connectivity index (χ2n) is 8.55. The Morgan fingerprint density at radius 1 is 1.06 bits per heavy atom. The summed E-state index contributed by atoms with van der Waals surface area (Å²) >= 11 is 1.08. The van der Waals surface area contributed by atoms with Crippen LogP contribution in [-0.4, -0.2) is 88.0 Å². The first-order valence-electron chi connectivity index (χ1n) is 10.5. The van der Waals surface area contributed by atoms with Crippen LogP contribution in [0.2, 0.25) is 0 Å². The molecular formula is C20H29N7O3S. The molecule has 0 atom stereocenters. The first-order chi connectivity index (χ1) is 14.7. The van der Waals surface area contributed by atoms with Gasteiger partial charge in [0, 0.05) is 45.3 Å². The fraction of sp³-hybridized carbons (Fsp3) is 0.600. The Kier molecular flexibility index (Phi) is 6.00. The number of hydrogen-bond acceptors (Lipinski definition) is 10. The van der Waals surface area contributed by atoms with Crippen molar-refractivity contribution in [3.8, 4) is 0 Å². The van der Waals surface area contributed by atoms with E-state index in [0.717, 1.165) is 49.2 Å². The van der Waals surface area contributed by atoms with Crippen LogP contribution >= 0.6 is 11.3 Å². The molecule has 2 saturated heterocycles. The zero-order chi connectivity index (χ0) is 22.2. The molecule has 0 aromatic carbocycles. The van der Waals surface area contributed by atoms with Crippen molar-refractivity contribution in [3.05, 3.63) is 16.6 Å². The van der Waals surface area contributed by atoms with E-state index < -0.39 is 11.6 Å². The predicted octanol–water partition coefficient (Wildman–Crippen LogP) is 1.79. The van der Waals surface area contributed by atoms with Crippen molar-refractivity contribution in [2.24, 2.45) is 0 Å². The lowest BCUT2D eigenvalue weighted by atomic mass is 9.94. The van der Waals surface area contributed by atoms with E-state index in [-0.39, 0.29) is 4.88 Å². The Bertz CT molecular complexity index is 946. The average molecular weight is 448 g/mol. The Balaban J connectivity index is 1.62. The van der Waals surface area contributed by atoms with Crippen molar-refractivity contribution in [2.45, 2.75) is 32.3 Å². The number of likely N-dealkylation sites (N-methyl/N-ethyl adjacent to an activating group) is 1. The molecule has 4 heterocycles. The van der Waals surface area contributed by atoms with Crippen LogP contribution < -0.4 is 15.1 Å². The number of piperazine rings is 1. The minimum absolute atomic E-state index is 0.205. The van der Waals surface area contributed by atoms with E-state index in [1.165, 1.54) is 0 Å². The van der Waals surface area contributed by atoms with Crippen LogP contribution in [0.3, 0.4) is 0 Å². The van der Waals surface area contributed by atoms with Crippen molar-refractivity contribution < 1.29 is 15.0 Å². The van der Waals surface area contributed by atoms with Crippen molar-refractivity contribution in [2.75, 3.05) is 61.4 Å². The summed E-state index contributed by atoms with van der Waals surface area (Å²) in [5.41, 5.74) is -0.176. The molecule has 31 heavy (non-hydrogen) atoms. The minimum atomic E-state index is -0.990. The topological polar surface area (TPSA) is 118 Å². The fourth-order valence-electron chi connectivity index (χ4n) is 3.80. The number of aromatic nitrogens is 3. The fourth-order valence-corrected chi connectivity index (χ4v) is 4.60. The van der Waals surface area contributed by atoms with Gasteiger partial charge in [0.25, 0.3) is 0 Å². The van der Waals surface area contributed by atoms with Crippen LogP contribution in [0.1, 0.15) is 35.1 Å². The van der Waals surface area contributed by atoms with Gasteiger partial charge >= 0.3 is 5.97 Å². The van der Waals surface area contributed by atoms with Gasteiger partial charge in [-0.3, -0.25) is 5.32 Å². The van der Waals surface area contributed by atoms with Gasteiger partial charge in [-0.25, -0.2) is 9.78 Å². The molecule has 2 fully saturated rings. The van der Waals surface area contributed by atoms with Gasteiger partial charge in [0.05, 0.1) is 11.3 Å². The summed E-state index contributed by atoms with van der Waals surface area (Å²) < 4.78 is 0. The molecule has 3 N–H and O–H groups in total. The third kappa shape index (κ3) is 5.05. The molecule has 11 heteroatoms. The highest BCUT2D eigenvalue weighted by Crippen LogP contribution is 2.30. The average Bonchev–Trinajstić information content (AvgIpc) is 3.08. The quantitative estimate of drug-likeness (QED) is 0.626. The van der Waals surface area contributed by atoms with E-state index >= 15 is 0 Å². The maximum absolute atomic E-state index is 11.4. The highest BCUT2D eigenvalue weighted by atomic mass is 32.1. The SMILES string of the molecule is Cc1nc(Nc2nc(N3CCN(C)CC3)cc(N3CCC(C)(O)CC3)n2)sc1C(=O)O. The number of piperidine rings is 1. The van der Waals surface area contributed by atoms with Crippen LogP contribution in [0.5, 0.6) is 0 Å². The molecule has 2 aromatic rings. The molecule has 0 spiro atoms. The number of thiazole rings is 1. The van der Waals surface area contributed by atoms with E-state index in [1.54, 1.807) is 6.92 Å². The van der Waals surface area contributed by atoms with Crippen molar-refractivity contribution in [3.63, 3.8) is 0 Å². The van der Waals surface area contributed by atoms with Crippen molar-refractivity contribution in [1.29, 1.82) is 0 Å². The minimum Gasteiger partial charge on any atom is -0.477 e. The molecule has 168 valence electrons.